The lowest BCUT2D eigenvalue weighted by Crippen LogP contribution is -2.46. The van der Waals surface area contributed by atoms with E-state index >= 15 is 0 Å². The van der Waals surface area contributed by atoms with Crippen molar-refractivity contribution in [2.24, 2.45) is 0 Å². The molecule has 2 aromatic rings. The summed E-state index contributed by atoms with van der Waals surface area (Å²) < 4.78 is 38.9. The quantitative estimate of drug-likeness (QED) is 0.828. The molecule has 27 heavy (non-hydrogen) atoms. The third-order valence-electron chi connectivity index (χ3n) is 4.52. The molecular weight excluding hydrogens is 379 g/mol. The van der Waals surface area contributed by atoms with Gasteiger partial charge in [-0.2, -0.15) is 18.2 Å². The van der Waals surface area contributed by atoms with Crippen LogP contribution in [0.4, 0.5) is 30.6 Å². The van der Waals surface area contributed by atoms with E-state index in [9.17, 15) is 13.2 Å². The summed E-state index contributed by atoms with van der Waals surface area (Å²) in [7, 11) is 0. The Hall–Kier alpha value is -2.06. The molecule has 0 unspecified atom stereocenters. The van der Waals surface area contributed by atoms with E-state index in [-0.39, 0.29) is 16.7 Å². The molecule has 0 aliphatic carbocycles. The van der Waals surface area contributed by atoms with E-state index in [0.29, 0.717) is 0 Å². The van der Waals surface area contributed by atoms with Crippen molar-refractivity contribution < 1.29 is 13.2 Å². The molecule has 1 aliphatic heterocycles. The van der Waals surface area contributed by atoms with Gasteiger partial charge in [0.15, 0.2) is 0 Å². The summed E-state index contributed by atoms with van der Waals surface area (Å²) in [6.07, 6.45) is -4.45. The highest BCUT2D eigenvalue weighted by Gasteiger charge is 2.31. The Morgan fingerprint density at radius 3 is 2.44 bits per heavy atom. The van der Waals surface area contributed by atoms with E-state index in [2.05, 4.69) is 32.0 Å². The van der Waals surface area contributed by atoms with Crippen molar-refractivity contribution >= 4 is 29.1 Å². The fourth-order valence-corrected chi connectivity index (χ4v) is 3.15. The first kappa shape index (κ1) is 19.7. The monoisotopic (exact) mass is 399 g/mol. The third kappa shape index (κ3) is 4.81. The predicted molar refractivity (Wildman–Crippen MR) is 101 cm³/mol. The van der Waals surface area contributed by atoms with E-state index in [4.69, 9.17) is 11.6 Å². The van der Waals surface area contributed by atoms with Gasteiger partial charge in [0.1, 0.15) is 5.82 Å². The Morgan fingerprint density at radius 2 is 1.81 bits per heavy atom. The zero-order valence-corrected chi connectivity index (χ0v) is 15.9. The molecule has 1 aromatic heterocycles. The average Bonchev–Trinajstić information content (AvgIpc) is 2.62. The van der Waals surface area contributed by atoms with Crippen molar-refractivity contribution in [2.75, 3.05) is 42.9 Å². The summed E-state index contributed by atoms with van der Waals surface area (Å²) in [6.45, 7) is 8.54. The Bertz CT molecular complexity index is 804. The van der Waals surface area contributed by atoms with Crippen LogP contribution in [-0.2, 0) is 6.18 Å². The first-order chi connectivity index (χ1) is 12.8. The summed E-state index contributed by atoms with van der Waals surface area (Å²) in [6, 6.07) is 5.00. The molecule has 3 rings (SSSR count). The molecule has 1 N–H and O–H groups in total. The Morgan fingerprint density at radius 1 is 1.11 bits per heavy atom. The molecule has 146 valence electrons. The number of aryl methyl sites for hydroxylation is 1. The van der Waals surface area contributed by atoms with Crippen LogP contribution >= 0.6 is 11.6 Å². The number of nitrogens with zero attached hydrogens (tertiary/aromatic N) is 4. The summed E-state index contributed by atoms with van der Waals surface area (Å²) >= 11 is 6.06. The van der Waals surface area contributed by atoms with Crippen molar-refractivity contribution in [3.63, 3.8) is 0 Å². The van der Waals surface area contributed by atoms with Gasteiger partial charge in [0.25, 0.3) is 0 Å². The van der Waals surface area contributed by atoms with Crippen molar-refractivity contribution in [1.29, 1.82) is 0 Å². The second-order valence-corrected chi connectivity index (χ2v) is 6.84. The first-order valence-corrected chi connectivity index (χ1v) is 9.11. The van der Waals surface area contributed by atoms with E-state index in [0.717, 1.165) is 56.4 Å². The number of halogens is 4. The number of piperazine rings is 1. The number of hydrogen-bond acceptors (Lipinski definition) is 5. The smallest absolute Gasteiger partial charge is 0.354 e. The molecule has 2 heterocycles. The van der Waals surface area contributed by atoms with Crippen LogP contribution < -0.4 is 10.2 Å². The van der Waals surface area contributed by atoms with Gasteiger partial charge in [-0.25, -0.2) is 4.98 Å². The zero-order valence-electron chi connectivity index (χ0n) is 15.1. The summed E-state index contributed by atoms with van der Waals surface area (Å²) in [5, 5.41) is 3.01. The minimum atomic E-state index is -4.45. The lowest BCUT2D eigenvalue weighted by molar-refractivity contribution is -0.137. The van der Waals surface area contributed by atoms with Crippen LogP contribution in [-0.4, -0.2) is 47.6 Å². The van der Waals surface area contributed by atoms with Crippen LogP contribution in [0.5, 0.6) is 0 Å². The average molecular weight is 400 g/mol. The lowest BCUT2D eigenvalue weighted by Gasteiger charge is -2.34. The SMILES string of the molecule is CCN1CCN(c2cc(C)nc(Nc3cc(C(F)(F)F)ccc3Cl)n2)CC1. The molecule has 1 aromatic carbocycles. The highest BCUT2D eigenvalue weighted by molar-refractivity contribution is 6.33. The molecule has 0 bridgehead atoms. The van der Waals surface area contributed by atoms with Crippen molar-refractivity contribution in [1.82, 2.24) is 14.9 Å². The number of rotatable bonds is 4. The second-order valence-electron chi connectivity index (χ2n) is 6.43. The maximum atomic E-state index is 13.0. The maximum Gasteiger partial charge on any atom is 0.416 e. The third-order valence-corrected chi connectivity index (χ3v) is 4.85. The Labute approximate surface area is 161 Å². The van der Waals surface area contributed by atoms with Gasteiger partial charge >= 0.3 is 6.18 Å². The van der Waals surface area contributed by atoms with Gasteiger partial charge in [0, 0.05) is 37.9 Å². The summed E-state index contributed by atoms with van der Waals surface area (Å²) in [5.41, 5.74) is 0.0697. The zero-order chi connectivity index (χ0) is 19.6. The van der Waals surface area contributed by atoms with Gasteiger partial charge in [0.05, 0.1) is 16.3 Å². The molecule has 0 amide bonds. The van der Waals surface area contributed by atoms with Crippen LogP contribution in [0.2, 0.25) is 5.02 Å². The molecule has 1 fully saturated rings. The van der Waals surface area contributed by atoms with Crippen molar-refractivity contribution in [3.8, 4) is 0 Å². The van der Waals surface area contributed by atoms with E-state index in [1.54, 1.807) is 0 Å². The van der Waals surface area contributed by atoms with Crippen LogP contribution in [0.1, 0.15) is 18.2 Å². The Balaban J connectivity index is 1.83. The molecule has 0 atom stereocenters. The highest BCUT2D eigenvalue weighted by Crippen LogP contribution is 2.34. The van der Waals surface area contributed by atoms with Gasteiger partial charge in [-0.15, -0.1) is 0 Å². The van der Waals surface area contributed by atoms with Crippen LogP contribution in [0.25, 0.3) is 0 Å². The number of likely N-dealkylation sites (N-methyl/N-ethyl adjacent to an activating group) is 1. The molecule has 0 radical (unpaired) electrons. The van der Waals surface area contributed by atoms with E-state index in [1.165, 1.54) is 6.07 Å². The van der Waals surface area contributed by atoms with Gasteiger partial charge in [0.2, 0.25) is 5.95 Å². The highest BCUT2D eigenvalue weighted by atomic mass is 35.5. The number of nitrogens with one attached hydrogen (secondary N) is 1. The van der Waals surface area contributed by atoms with Gasteiger partial charge in [-0.1, -0.05) is 18.5 Å². The number of hydrogen-bond donors (Lipinski definition) is 1. The molecule has 5 nitrogen and oxygen atoms in total. The maximum absolute atomic E-state index is 13.0. The first-order valence-electron chi connectivity index (χ1n) is 8.73. The predicted octanol–water partition coefficient (Wildman–Crippen LogP) is 4.34. The number of anilines is 3. The molecule has 0 saturated carbocycles. The van der Waals surface area contributed by atoms with Crippen LogP contribution in [0.3, 0.4) is 0 Å². The van der Waals surface area contributed by atoms with E-state index in [1.807, 2.05) is 13.0 Å². The minimum absolute atomic E-state index is 0.124. The molecule has 1 aliphatic rings. The van der Waals surface area contributed by atoms with E-state index < -0.39 is 11.7 Å². The van der Waals surface area contributed by atoms with Crippen LogP contribution in [0.15, 0.2) is 24.3 Å². The molecule has 0 spiro atoms. The molecular formula is C18H21ClF3N5. The number of aromatic nitrogens is 2. The largest absolute Gasteiger partial charge is 0.416 e. The topological polar surface area (TPSA) is 44.3 Å². The van der Waals surface area contributed by atoms with Crippen molar-refractivity contribution in [2.45, 2.75) is 20.0 Å². The normalized spacial score (nSPS) is 15.9. The van der Waals surface area contributed by atoms with Crippen molar-refractivity contribution in [3.05, 3.63) is 40.5 Å². The summed E-state index contributed by atoms with van der Waals surface area (Å²) in [4.78, 5) is 13.3. The number of benzene rings is 1. The summed E-state index contributed by atoms with van der Waals surface area (Å²) in [5.74, 6) is 0.980. The van der Waals surface area contributed by atoms with Gasteiger partial charge in [-0.05, 0) is 31.7 Å². The molecule has 1 saturated heterocycles. The minimum Gasteiger partial charge on any atom is -0.354 e. The fraction of sp³-hybridized carbons (Fsp3) is 0.444. The molecule has 9 heteroatoms. The standard InChI is InChI=1S/C18H21ClF3N5/c1-3-26-6-8-27(9-7-26)16-10-12(2)23-17(25-16)24-15-11-13(18(20,21)22)4-5-14(15)19/h4-5,10-11H,3,6-9H2,1-2H3,(H,23,24,25). The lowest BCUT2D eigenvalue weighted by atomic mass is 10.2. The number of alkyl halides is 3. The fourth-order valence-electron chi connectivity index (χ4n) is 2.98. The second kappa shape index (κ2) is 7.90. The Kier molecular flexibility index (Phi) is 5.76. The van der Waals surface area contributed by atoms with Gasteiger partial charge < -0.3 is 15.1 Å². The van der Waals surface area contributed by atoms with Gasteiger partial charge in [-0.3, -0.25) is 0 Å². The van der Waals surface area contributed by atoms with Crippen LogP contribution in [0, 0.1) is 6.92 Å².